The van der Waals surface area contributed by atoms with Crippen molar-refractivity contribution in [2.45, 2.75) is 52.4 Å². The summed E-state index contributed by atoms with van der Waals surface area (Å²) in [7, 11) is 0. The zero-order valence-corrected chi connectivity index (χ0v) is 32.1. The molecule has 0 radical (unpaired) electrons. The van der Waals surface area contributed by atoms with E-state index in [1.54, 1.807) is 6.08 Å². The number of hydrogen-bond donors (Lipinski definition) is 0. The second-order valence-corrected chi connectivity index (χ2v) is 16.9. The number of anilines is 3. The minimum Gasteiger partial charge on any atom is -0.310 e. The molecular formula is C52H41N3. The van der Waals surface area contributed by atoms with Gasteiger partial charge in [0.05, 0.1) is 0 Å². The maximum absolute atomic E-state index is 9.17. The van der Waals surface area contributed by atoms with Crippen LogP contribution in [0.1, 0.15) is 58.2 Å². The molecule has 55 heavy (non-hydrogen) atoms. The molecule has 7 aromatic carbocycles. The summed E-state index contributed by atoms with van der Waals surface area (Å²) >= 11 is 0. The highest BCUT2D eigenvalue weighted by atomic mass is 15.1. The van der Waals surface area contributed by atoms with E-state index < -0.39 is 0 Å². The zero-order valence-electron chi connectivity index (χ0n) is 32.1. The van der Waals surface area contributed by atoms with Crippen LogP contribution in [0.5, 0.6) is 0 Å². The number of nitrogens with zero attached hydrogens (tertiary/aromatic N) is 3. The average molecular weight is 708 g/mol. The Morgan fingerprint density at radius 1 is 0.436 bits per heavy atom. The third-order valence-electron chi connectivity index (χ3n) is 11.4. The molecule has 264 valence electrons. The van der Waals surface area contributed by atoms with Gasteiger partial charge >= 0.3 is 0 Å². The summed E-state index contributed by atoms with van der Waals surface area (Å²) in [5.74, 6) is 0. The summed E-state index contributed by atoms with van der Waals surface area (Å²) in [6, 6.07) is 53.1. The molecule has 0 aliphatic heterocycles. The van der Waals surface area contributed by atoms with Gasteiger partial charge in [0.2, 0.25) is 0 Å². The highest BCUT2D eigenvalue weighted by Gasteiger charge is 2.30. The molecule has 0 amide bonds. The third-order valence-corrected chi connectivity index (χ3v) is 11.4. The Labute approximate surface area is 324 Å². The number of benzene rings is 7. The molecule has 9 rings (SSSR count). The molecule has 7 aromatic rings. The van der Waals surface area contributed by atoms with Gasteiger partial charge < -0.3 is 4.90 Å². The van der Waals surface area contributed by atoms with E-state index in [0.717, 1.165) is 33.8 Å². The molecule has 2 aliphatic carbocycles. The van der Waals surface area contributed by atoms with E-state index in [1.807, 2.05) is 24.3 Å². The highest BCUT2D eigenvalue weighted by molar-refractivity contribution is 6.26. The maximum Gasteiger partial charge on any atom is 0.130 e. The Morgan fingerprint density at radius 2 is 0.836 bits per heavy atom. The van der Waals surface area contributed by atoms with Crippen molar-refractivity contribution in [3.05, 3.63) is 156 Å². The molecule has 3 heteroatoms. The van der Waals surface area contributed by atoms with Gasteiger partial charge in [0.25, 0.3) is 0 Å². The number of nitriles is 2. The van der Waals surface area contributed by atoms with Gasteiger partial charge in [0, 0.05) is 17.1 Å². The normalized spacial score (nSPS) is 12.1. The molecule has 2 aliphatic rings. The smallest absolute Gasteiger partial charge is 0.130 e. The van der Waals surface area contributed by atoms with Crippen LogP contribution in [-0.4, -0.2) is 0 Å². The summed E-state index contributed by atoms with van der Waals surface area (Å²) in [4.78, 5) is 2.39. The first-order valence-electron chi connectivity index (χ1n) is 19.0. The van der Waals surface area contributed by atoms with Crippen LogP contribution in [-0.2, 0) is 10.8 Å². The number of fused-ring (bicyclic) bond motifs is 6. The lowest BCUT2D eigenvalue weighted by Crippen LogP contribution is -2.14. The molecule has 0 atom stereocenters. The molecule has 0 fully saturated rings. The average Bonchev–Trinajstić information content (AvgIpc) is 3.68. The Kier molecular flexibility index (Phi) is 7.72. The Balaban J connectivity index is 1.12. The van der Waals surface area contributed by atoms with E-state index >= 15 is 0 Å². The van der Waals surface area contributed by atoms with Crippen LogP contribution in [0.25, 0.3) is 72.5 Å². The summed E-state index contributed by atoms with van der Waals surface area (Å²) in [5, 5.41) is 21.0. The molecule has 0 heterocycles. The van der Waals surface area contributed by atoms with Gasteiger partial charge in [-0.05, 0) is 142 Å². The number of rotatable bonds is 5. The molecule has 0 aromatic heterocycles. The zero-order chi connectivity index (χ0) is 38.2. The van der Waals surface area contributed by atoms with Gasteiger partial charge in [0.15, 0.2) is 0 Å². The van der Waals surface area contributed by atoms with E-state index in [2.05, 4.69) is 168 Å². The van der Waals surface area contributed by atoms with Crippen LogP contribution in [0.15, 0.2) is 139 Å². The van der Waals surface area contributed by atoms with Crippen molar-refractivity contribution in [3.8, 4) is 67.8 Å². The van der Waals surface area contributed by atoms with Crippen molar-refractivity contribution in [3.63, 3.8) is 0 Å². The molecule has 0 N–H and O–H groups in total. The van der Waals surface area contributed by atoms with Crippen molar-refractivity contribution in [2.75, 3.05) is 4.90 Å². The highest BCUT2D eigenvalue weighted by Crippen LogP contribution is 2.57. The molecule has 0 saturated heterocycles. The topological polar surface area (TPSA) is 50.8 Å². The summed E-state index contributed by atoms with van der Waals surface area (Å²) < 4.78 is 0. The van der Waals surface area contributed by atoms with Crippen molar-refractivity contribution >= 4 is 33.9 Å². The van der Waals surface area contributed by atoms with E-state index in [0.29, 0.717) is 0 Å². The quantitative estimate of drug-likeness (QED) is 0.167. The molecule has 0 unspecified atom stereocenters. The van der Waals surface area contributed by atoms with Crippen LogP contribution in [0, 0.1) is 22.7 Å². The van der Waals surface area contributed by atoms with Gasteiger partial charge in [-0.25, -0.2) is 0 Å². The first kappa shape index (κ1) is 34.1. The fourth-order valence-electron chi connectivity index (χ4n) is 8.40. The largest absolute Gasteiger partial charge is 0.310 e. The second-order valence-electron chi connectivity index (χ2n) is 16.9. The Morgan fingerprint density at radius 3 is 1.31 bits per heavy atom. The number of allylic oxidation sites excluding steroid dienone is 1. The molecule has 0 bridgehead atoms. The fourth-order valence-corrected chi connectivity index (χ4v) is 8.40. The van der Waals surface area contributed by atoms with E-state index in [1.165, 1.54) is 66.4 Å². The molecular weight excluding hydrogens is 667 g/mol. The first-order chi connectivity index (χ1) is 26.4. The lowest BCUT2D eigenvalue weighted by molar-refractivity contribution is 0.590. The van der Waals surface area contributed by atoms with Gasteiger partial charge in [-0.2, -0.15) is 10.5 Å². The Hall–Kier alpha value is -6.68. The summed E-state index contributed by atoms with van der Waals surface area (Å²) in [6.07, 6.45) is 1.62. The summed E-state index contributed by atoms with van der Waals surface area (Å²) in [5.41, 5.74) is 19.5. The Bertz CT molecular complexity index is 2740. The van der Waals surface area contributed by atoms with Gasteiger partial charge in [0.1, 0.15) is 17.7 Å². The van der Waals surface area contributed by atoms with Gasteiger partial charge in [-0.1, -0.05) is 133 Å². The maximum atomic E-state index is 9.17. The lowest BCUT2D eigenvalue weighted by Gasteiger charge is -2.28. The fraction of sp³-hybridized carbons (Fsp3) is 0.154. The third kappa shape index (κ3) is 5.64. The lowest BCUT2D eigenvalue weighted by atomic mass is 9.86. The van der Waals surface area contributed by atoms with E-state index in [9.17, 15) is 0 Å². The van der Waals surface area contributed by atoms with E-state index in [-0.39, 0.29) is 16.4 Å². The van der Waals surface area contributed by atoms with Crippen molar-refractivity contribution < 1.29 is 0 Å². The van der Waals surface area contributed by atoms with Crippen molar-refractivity contribution in [1.82, 2.24) is 0 Å². The van der Waals surface area contributed by atoms with E-state index in [4.69, 9.17) is 10.5 Å². The first-order valence-corrected chi connectivity index (χ1v) is 19.0. The molecule has 3 nitrogen and oxygen atoms in total. The number of hydrogen-bond acceptors (Lipinski definition) is 3. The predicted octanol–water partition coefficient (Wildman–Crippen LogP) is 14.3. The molecule has 0 saturated carbocycles. The van der Waals surface area contributed by atoms with Crippen LogP contribution in [0.4, 0.5) is 17.1 Å². The monoisotopic (exact) mass is 707 g/mol. The SMILES string of the molecule is CC(C)(C)c1ccc(N(c2ccc(C(C)(C)C)cc2)c2ccc3c(c2)-c2ccc4c5c(ccc-3c25)-c2cc(-c3ccc(C=C(C#N)C#N)cc3)ccc2-4)cc1. The van der Waals surface area contributed by atoms with Crippen molar-refractivity contribution in [2.24, 2.45) is 0 Å². The molecule has 0 spiro atoms. The van der Waals surface area contributed by atoms with Gasteiger partial charge in [-0.3, -0.25) is 0 Å². The van der Waals surface area contributed by atoms with Crippen molar-refractivity contribution in [1.29, 1.82) is 10.5 Å². The predicted molar refractivity (Wildman–Crippen MR) is 230 cm³/mol. The van der Waals surface area contributed by atoms with Crippen LogP contribution < -0.4 is 4.90 Å². The second kappa shape index (κ2) is 12.4. The van der Waals surface area contributed by atoms with Crippen LogP contribution in [0.3, 0.4) is 0 Å². The minimum absolute atomic E-state index is 0.0742. The minimum atomic E-state index is 0.0742. The van der Waals surface area contributed by atoms with Crippen LogP contribution in [0.2, 0.25) is 0 Å². The standard InChI is InChI=1S/C52H41N3/c1-51(2,3)36-12-16-38(17-13-36)55(39-18-14-37(15-19-39)52(4,5)6)40-20-22-42-44-23-25-45-47-28-35(34-9-7-32(8-10-34)27-33(30-53)31-54)11-21-41(47)43-24-26-46(48(42)29-40)50(44)49(43)45/h7-29H,1-6H3. The van der Waals surface area contributed by atoms with Crippen LogP contribution >= 0.6 is 0 Å². The van der Waals surface area contributed by atoms with Gasteiger partial charge in [-0.15, -0.1) is 0 Å². The summed E-state index contributed by atoms with van der Waals surface area (Å²) in [6.45, 7) is 13.6.